The van der Waals surface area contributed by atoms with Crippen molar-refractivity contribution in [3.63, 3.8) is 0 Å². The van der Waals surface area contributed by atoms with Gasteiger partial charge in [-0.1, -0.05) is 36.4 Å². The zero-order chi connectivity index (χ0) is 16.5. The Morgan fingerprint density at radius 2 is 1.87 bits per heavy atom. The molecule has 0 aromatic heterocycles. The van der Waals surface area contributed by atoms with Gasteiger partial charge in [0.2, 0.25) is 5.91 Å². The van der Waals surface area contributed by atoms with Crippen molar-refractivity contribution in [1.82, 2.24) is 5.32 Å². The number of carbonyl (C=O) groups excluding carboxylic acids is 2. The largest absolute Gasteiger partial charge is 0.447 e. The third-order valence-electron chi connectivity index (χ3n) is 3.22. The van der Waals surface area contributed by atoms with Gasteiger partial charge in [0.1, 0.15) is 6.61 Å². The number of amides is 2. The highest BCUT2D eigenvalue weighted by Gasteiger charge is 2.06. The first-order valence-electron chi connectivity index (χ1n) is 7.45. The molecule has 2 amide bonds. The average Bonchev–Trinajstić information content (AvgIpc) is 2.57. The molecule has 0 unspecified atom stereocenters. The fourth-order valence-electron chi connectivity index (χ4n) is 2.13. The molecule has 2 aromatic rings. The van der Waals surface area contributed by atoms with Gasteiger partial charge < -0.3 is 10.1 Å². The van der Waals surface area contributed by atoms with E-state index in [1.54, 1.807) is 0 Å². The maximum absolute atomic E-state index is 11.8. The molecule has 0 atom stereocenters. The molecular formula is C17H19ClN2O3. The van der Waals surface area contributed by atoms with E-state index in [9.17, 15) is 9.59 Å². The Morgan fingerprint density at radius 1 is 1.09 bits per heavy atom. The maximum Gasteiger partial charge on any atom is 0.411 e. The first-order chi connectivity index (χ1) is 11.2. The Morgan fingerprint density at radius 3 is 2.70 bits per heavy atom. The number of anilines is 1. The van der Waals surface area contributed by atoms with Gasteiger partial charge in [-0.05, 0) is 17.9 Å². The zero-order valence-electron chi connectivity index (χ0n) is 12.7. The molecule has 122 valence electrons. The fraction of sp³-hybridized carbons (Fsp3) is 0.294. The monoisotopic (exact) mass is 334 g/mol. The Hall–Kier alpha value is -2.27. The molecule has 0 bridgehead atoms. The van der Waals surface area contributed by atoms with Crippen LogP contribution in [0.25, 0.3) is 10.8 Å². The summed E-state index contributed by atoms with van der Waals surface area (Å²) in [4.78, 5) is 23.2. The molecule has 0 aliphatic carbocycles. The van der Waals surface area contributed by atoms with Crippen molar-refractivity contribution in [2.24, 2.45) is 0 Å². The number of hydrogen-bond acceptors (Lipinski definition) is 3. The van der Waals surface area contributed by atoms with Gasteiger partial charge in [0, 0.05) is 17.7 Å². The quantitative estimate of drug-likeness (QED) is 0.601. The summed E-state index contributed by atoms with van der Waals surface area (Å²) < 4.78 is 5.06. The molecular weight excluding hydrogens is 316 g/mol. The molecule has 0 radical (unpaired) electrons. The van der Waals surface area contributed by atoms with Crippen LogP contribution in [0.2, 0.25) is 0 Å². The molecule has 2 N–H and O–H groups in total. The molecule has 0 aliphatic rings. The van der Waals surface area contributed by atoms with Crippen LogP contribution in [0, 0.1) is 0 Å². The van der Waals surface area contributed by atoms with Gasteiger partial charge in [-0.2, -0.15) is 0 Å². The van der Waals surface area contributed by atoms with E-state index >= 15 is 0 Å². The van der Waals surface area contributed by atoms with Crippen molar-refractivity contribution in [2.75, 3.05) is 24.3 Å². The van der Waals surface area contributed by atoms with E-state index in [0.29, 0.717) is 24.4 Å². The lowest BCUT2D eigenvalue weighted by Crippen LogP contribution is -2.28. The van der Waals surface area contributed by atoms with E-state index in [-0.39, 0.29) is 19.1 Å². The van der Waals surface area contributed by atoms with E-state index in [1.807, 2.05) is 42.5 Å². The van der Waals surface area contributed by atoms with Crippen molar-refractivity contribution in [1.29, 1.82) is 0 Å². The van der Waals surface area contributed by atoms with Gasteiger partial charge in [0.25, 0.3) is 0 Å². The molecule has 0 heterocycles. The summed E-state index contributed by atoms with van der Waals surface area (Å²) in [5.41, 5.74) is 0.694. The second-order valence-corrected chi connectivity index (χ2v) is 5.31. The van der Waals surface area contributed by atoms with Crippen molar-refractivity contribution in [3.8, 4) is 0 Å². The summed E-state index contributed by atoms with van der Waals surface area (Å²) in [6.07, 6.45) is 0.470. The summed E-state index contributed by atoms with van der Waals surface area (Å²) in [6, 6.07) is 13.4. The Bertz CT molecular complexity index is 670. The van der Waals surface area contributed by atoms with Crippen LogP contribution in [-0.4, -0.2) is 31.0 Å². The minimum atomic E-state index is -0.545. The average molecular weight is 335 g/mol. The van der Waals surface area contributed by atoms with Crippen molar-refractivity contribution >= 4 is 40.1 Å². The van der Waals surface area contributed by atoms with Gasteiger partial charge in [-0.3, -0.25) is 10.1 Å². The molecule has 2 rings (SSSR count). The van der Waals surface area contributed by atoms with Gasteiger partial charge in [-0.25, -0.2) is 4.79 Å². The molecule has 2 aromatic carbocycles. The molecule has 0 saturated carbocycles. The van der Waals surface area contributed by atoms with Crippen molar-refractivity contribution in [3.05, 3.63) is 42.5 Å². The van der Waals surface area contributed by atoms with E-state index in [0.717, 1.165) is 10.8 Å². The molecule has 23 heavy (non-hydrogen) atoms. The van der Waals surface area contributed by atoms with Crippen LogP contribution >= 0.6 is 11.6 Å². The van der Waals surface area contributed by atoms with Crippen LogP contribution in [-0.2, 0) is 9.53 Å². The number of rotatable bonds is 7. The van der Waals surface area contributed by atoms with Crippen LogP contribution in [0.5, 0.6) is 0 Å². The Balaban J connectivity index is 1.77. The van der Waals surface area contributed by atoms with Crippen molar-refractivity contribution < 1.29 is 14.3 Å². The molecule has 6 heteroatoms. The second-order valence-electron chi connectivity index (χ2n) is 4.93. The number of halogens is 1. The lowest BCUT2D eigenvalue weighted by Gasteiger charge is -2.10. The number of fused-ring (bicyclic) bond motifs is 1. The minimum absolute atomic E-state index is 0.0938. The van der Waals surface area contributed by atoms with E-state index in [4.69, 9.17) is 16.3 Å². The summed E-state index contributed by atoms with van der Waals surface area (Å²) in [7, 11) is 0. The minimum Gasteiger partial charge on any atom is -0.447 e. The number of alkyl halides is 1. The van der Waals surface area contributed by atoms with Gasteiger partial charge >= 0.3 is 6.09 Å². The van der Waals surface area contributed by atoms with Crippen LogP contribution in [0.1, 0.15) is 12.8 Å². The van der Waals surface area contributed by atoms with Crippen LogP contribution in [0.15, 0.2) is 42.5 Å². The van der Waals surface area contributed by atoms with Gasteiger partial charge in [0.15, 0.2) is 0 Å². The summed E-state index contributed by atoms with van der Waals surface area (Å²) in [6.45, 7) is 0.396. The number of ether oxygens (including phenoxy) is 1. The summed E-state index contributed by atoms with van der Waals surface area (Å²) in [5, 5.41) is 7.36. The van der Waals surface area contributed by atoms with Gasteiger partial charge in [0.05, 0.1) is 12.2 Å². The zero-order valence-corrected chi connectivity index (χ0v) is 13.4. The maximum atomic E-state index is 11.8. The van der Waals surface area contributed by atoms with E-state index in [1.165, 1.54) is 0 Å². The summed E-state index contributed by atoms with van der Waals surface area (Å²) in [5.74, 6) is 0.362. The number of benzene rings is 2. The number of hydrogen-bond donors (Lipinski definition) is 2. The molecule has 5 nitrogen and oxygen atoms in total. The van der Waals surface area contributed by atoms with Crippen LogP contribution in [0.3, 0.4) is 0 Å². The predicted octanol–water partition coefficient (Wildman–Crippen LogP) is 3.52. The Labute approximate surface area is 140 Å². The standard InChI is InChI=1S/C17H19ClN2O3/c18-10-4-9-16(21)19-11-12-23-17(22)20-15-8-3-6-13-5-1-2-7-14(13)15/h1-3,5-8H,4,9-12H2,(H,19,21)(H,20,22). The number of carbonyl (C=O) groups is 2. The van der Waals surface area contributed by atoms with Gasteiger partial charge in [-0.15, -0.1) is 11.6 Å². The highest BCUT2D eigenvalue weighted by atomic mass is 35.5. The Kier molecular flexibility index (Phi) is 6.69. The lowest BCUT2D eigenvalue weighted by molar-refractivity contribution is -0.121. The molecule has 0 fully saturated rings. The lowest BCUT2D eigenvalue weighted by atomic mass is 10.1. The molecule has 0 spiro atoms. The SMILES string of the molecule is O=C(CCCCl)NCCOC(=O)Nc1cccc2ccccc12. The molecule has 0 saturated heterocycles. The first kappa shape index (κ1) is 17.1. The fourth-order valence-corrected chi connectivity index (χ4v) is 2.26. The van der Waals surface area contributed by atoms with E-state index < -0.39 is 6.09 Å². The highest BCUT2D eigenvalue weighted by Crippen LogP contribution is 2.22. The predicted molar refractivity (Wildman–Crippen MR) is 91.9 cm³/mol. The van der Waals surface area contributed by atoms with Crippen LogP contribution in [0.4, 0.5) is 10.5 Å². The number of nitrogens with one attached hydrogen (secondary N) is 2. The second kappa shape index (κ2) is 9.00. The topological polar surface area (TPSA) is 67.4 Å². The normalized spacial score (nSPS) is 10.3. The highest BCUT2D eigenvalue weighted by molar-refractivity contribution is 6.17. The first-order valence-corrected chi connectivity index (χ1v) is 7.98. The summed E-state index contributed by atoms with van der Waals surface area (Å²) >= 11 is 5.51. The van der Waals surface area contributed by atoms with Crippen molar-refractivity contribution in [2.45, 2.75) is 12.8 Å². The van der Waals surface area contributed by atoms with Crippen LogP contribution < -0.4 is 10.6 Å². The van der Waals surface area contributed by atoms with E-state index in [2.05, 4.69) is 10.6 Å². The third-order valence-corrected chi connectivity index (χ3v) is 3.49. The smallest absolute Gasteiger partial charge is 0.411 e. The molecule has 0 aliphatic heterocycles. The third kappa shape index (κ3) is 5.45.